The van der Waals surface area contributed by atoms with E-state index >= 15 is 0 Å². The van der Waals surface area contributed by atoms with Crippen LogP contribution in [-0.2, 0) is 17.6 Å². The number of hydrogen-bond acceptors (Lipinski definition) is 3. The van der Waals surface area contributed by atoms with E-state index in [-0.39, 0.29) is 13.2 Å². The summed E-state index contributed by atoms with van der Waals surface area (Å²) < 4.78 is 37.0. The van der Waals surface area contributed by atoms with Gasteiger partial charge in [0.25, 0.3) is 0 Å². The van der Waals surface area contributed by atoms with Crippen molar-refractivity contribution in [2.75, 3.05) is 6.54 Å². The Balaban J connectivity index is 2.65. The third-order valence-electron chi connectivity index (χ3n) is 1.74. The molecule has 0 aliphatic rings. The predicted molar refractivity (Wildman–Crippen MR) is 53.8 cm³/mol. The molecule has 0 saturated heterocycles. The monoisotopic (exact) mass is 232 g/mol. The Morgan fingerprint density at radius 3 is 2.75 bits per heavy atom. The van der Waals surface area contributed by atoms with E-state index in [1.54, 1.807) is 0 Å². The SMILES string of the molecule is NCC=NOCc1cccc(C(F)(F)F)c1. The van der Waals surface area contributed by atoms with Gasteiger partial charge in [-0.05, 0) is 17.7 Å². The molecular formula is C10H11F3N2O. The molecule has 0 radical (unpaired) electrons. The van der Waals surface area contributed by atoms with E-state index < -0.39 is 11.7 Å². The Labute approximate surface area is 90.7 Å². The van der Waals surface area contributed by atoms with Crippen LogP contribution in [0.15, 0.2) is 29.4 Å². The van der Waals surface area contributed by atoms with Crippen LogP contribution in [0.1, 0.15) is 11.1 Å². The van der Waals surface area contributed by atoms with Gasteiger partial charge in [-0.15, -0.1) is 0 Å². The van der Waals surface area contributed by atoms with Crippen molar-refractivity contribution in [3.63, 3.8) is 0 Å². The molecule has 0 saturated carbocycles. The second kappa shape index (κ2) is 5.50. The van der Waals surface area contributed by atoms with Gasteiger partial charge < -0.3 is 10.6 Å². The number of rotatable bonds is 4. The lowest BCUT2D eigenvalue weighted by Gasteiger charge is -2.07. The average molecular weight is 232 g/mol. The van der Waals surface area contributed by atoms with Crippen LogP contribution < -0.4 is 5.73 Å². The summed E-state index contributed by atoms with van der Waals surface area (Å²) in [4.78, 5) is 4.75. The van der Waals surface area contributed by atoms with Crippen LogP contribution in [-0.4, -0.2) is 12.8 Å². The van der Waals surface area contributed by atoms with E-state index in [1.807, 2.05) is 0 Å². The summed E-state index contributed by atoms with van der Waals surface area (Å²) in [5.74, 6) is 0. The van der Waals surface area contributed by atoms with Crippen molar-refractivity contribution >= 4 is 6.21 Å². The molecule has 1 aromatic carbocycles. The minimum Gasteiger partial charge on any atom is -0.391 e. The zero-order valence-corrected chi connectivity index (χ0v) is 8.37. The summed E-state index contributed by atoms with van der Waals surface area (Å²) in [7, 11) is 0. The largest absolute Gasteiger partial charge is 0.416 e. The summed E-state index contributed by atoms with van der Waals surface area (Å²) in [5.41, 5.74) is 4.82. The van der Waals surface area contributed by atoms with Gasteiger partial charge in [0.1, 0.15) is 6.61 Å². The van der Waals surface area contributed by atoms with Crippen molar-refractivity contribution in [2.24, 2.45) is 10.9 Å². The first-order valence-electron chi connectivity index (χ1n) is 4.54. The fraction of sp³-hybridized carbons (Fsp3) is 0.300. The average Bonchev–Trinajstić information content (AvgIpc) is 2.24. The molecule has 6 heteroatoms. The molecule has 1 aromatic rings. The lowest BCUT2D eigenvalue weighted by molar-refractivity contribution is -0.137. The molecule has 0 atom stereocenters. The van der Waals surface area contributed by atoms with E-state index in [0.717, 1.165) is 12.1 Å². The first kappa shape index (κ1) is 12.5. The van der Waals surface area contributed by atoms with Crippen molar-refractivity contribution in [2.45, 2.75) is 12.8 Å². The molecule has 3 nitrogen and oxygen atoms in total. The number of alkyl halides is 3. The molecule has 88 valence electrons. The first-order chi connectivity index (χ1) is 7.54. The smallest absolute Gasteiger partial charge is 0.391 e. The molecule has 0 unspecified atom stereocenters. The molecule has 2 N–H and O–H groups in total. The lowest BCUT2D eigenvalue weighted by Crippen LogP contribution is -2.05. The van der Waals surface area contributed by atoms with Crippen molar-refractivity contribution in [3.05, 3.63) is 35.4 Å². The predicted octanol–water partition coefficient (Wildman–Crippen LogP) is 2.17. The van der Waals surface area contributed by atoms with Crippen molar-refractivity contribution in [1.82, 2.24) is 0 Å². The maximum absolute atomic E-state index is 12.3. The third kappa shape index (κ3) is 3.90. The van der Waals surface area contributed by atoms with E-state index in [2.05, 4.69) is 5.16 Å². The van der Waals surface area contributed by atoms with E-state index in [1.165, 1.54) is 18.3 Å². The highest BCUT2D eigenvalue weighted by Gasteiger charge is 2.30. The molecule has 0 amide bonds. The Bertz CT molecular complexity index is 363. The van der Waals surface area contributed by atoms with Gasteiger partial charge in [0.05, 0.1) is 11.8 Å². The molecule has 0 fully saturated rings. The maximum atomic E-state index is 12.3. The number of benzene rings is 1. The van der Waals surface area contributed by atoms with Crippen LogP contribution in [0.4, 0.5) is 13.2 Å². The highest BCUT2D eigenvalue weighted by molar-refractivity contribution is 5.58. The Kier molecular flexibility index (Phi) is 4.30. The number of nitrogens with zero attached hydrogens (tertiary/aromatic N) is 1. The third-order valence-corrected chi connectivity index (χ3v) is 1.74. The number of halogens is 3. The normalized spacial score (nSPS) is 12.0. The zero-order chi connectivity index (χ0) is 12.0. The summed E-state index contributed by atoms with van der Waals surface area (Å²) in [6, 6.07) is 4.89. The van der Waals surface area contributed by atoms with Crippen LogP contribution in [0.25, 0.3) is 0 Å². The molecular weight excluding hydrogens is 221 g/mol. The highest BCUT2D eigenvalue weighted by Crippen LogP contribution is 2.29. The Morgan fingerprint density at radius 2 is 2.12 bits per heavy atom. The number of nitrogens with two attached hydrogens (primary N) is 1. The van der Waals surface area contributed by atoms with E-state index in [4.69, 9.17) is 10.6 Å². The van der Waals surface area contributed by atoms with Gasteiger partial charge in [0.2, 0.25) is 0 Å². The van der Waals surface area contributed by atoms with Gasteiger partial charge in [0, 0.05) is 6.54 Å². The van der Waals surface area contributed by atoms with Gasteiger partial charge in [0.15, 0.2) is 0 Å². The molecule has 0 spiro atoms. The first-order valence-corrected chi connectivity index (χ1v) is 4.54. The molecule has 0 bridgehead atoms. The molecule has 0 aromatic heterocycles. The second-order valence-electron chi connectivity index (χ2n) is 3.00. The summed E-state index contributed by atoms with van der Waals surface area (Å²) in [6.07, 6.45) is -3.01. The van der Waals surface area contributed by atoms with Crippen molar-refractivity contribution < 1.29 is 18.0 Å². The summed E-state index contributed by atoms with van der Waals surface area (Å²) in [5, 5.41) is 3.45. The standard InChI is InChI=1S/C10H11F3N2O/c11-10(12,13)9-3-1-2-8(6-9)7-16-15-5-4-14/h1-3,5-6H,4,7,14H2. The molecule has 1 rings (SSSR count). The van der Waals surface area contributed by atoms with Crippen LogP contribution in [0, 0.1) is 0 Å². The van der Waals surface area contributed by atoms with Gasteiger partial charge in [-0.25, -0.2) is 0 Å². The Hall–Kier alpha value is -1.56. The molecule has 0 aliphatic carbocycles. The number of hydrogen-bond donors (Lipinski definition) is 1. The second-order valence-corrected chi connectivity index (χ2v) is 3.00. The van der Waals surface area contributed by atoms with Crippen molar-refractivity contribution in [1.29, 1.82) is 0 Å². The molecule has 16 heavy (non-hydrogen) atoms. The fourth-order valence-corrected chi connectivity index (χ4v) is 1.04. The van der Waals surface area contributed by atoms with Crippen LogP contribution in [0.5, 0.6) is 0 Å². The summed E-state index contributed by atoms with van der Waals surface area (Å²) in [6.45, 7) is 0.211. The van der Waals surface area contributed by atoms with Crippen molar-refractivity contribution in [3.8, 4) is 0 Å². The Morgan fingerprint density at radius 1 is 1.38 bits per heavy atom. The quantitative estimate of drug-likeness (QED) is 0.638. The minimum atomic E-state index is -4.34. The van der Waals surface area contributed by atoms with E-state index in [0.29, 0.717) is 5.56 Å². The van der Waals surface area contributed by atoms with E-state index in [9.17, 15) is 13.2 Å². The number of oxime groups is 1. The van der Waals surface area contributed by atoms with Gasteiger partial charge in [-0.2, -0.15) is 13.2 Å². The summed E-state index contributed by atoms with van der Waals surface area (Å²) >= 11 is 0. The highest BCUT2D eigenvalue weighted by atomic mass is 19.4. The van der Waals surface area contributed by atoms with Crippen LogP contribution >= 0.6 is 0 Å². The van der Waals surface area contributed by atoms with Gasteiger partial charge in [-0.3, -0.25) is 0 Å². The lowest BCUT2D eigenvalue weighted by atomic mass is 10.1. The zero-order valence-electron chi connectivity index (χ0n) is 8.37. The molecule has 0 heterocycles. The van der Waals surface area contributed by atoms with Gasteiger partial charge >= 0.3 is 6.18 Å². The minimum absolute atomic E-state index is 0.0135. The maximum Gasteiger partial charge on any atom is 0.416 e. The van der Waals surface area contributed by atoms with Crippen LogP contribution in [0.2, 0.25) is 0 Å². The fourth-order valence-electron chi connectivity index (χ4n) is 1.04. The topological polar surface area (TPSA) is 47.6 Å². The van der Waals surface area contributed by atoms with Gasteiger partial charge in [-0.1, -0.05) is 17.3 Å². The van der Waals surface area contributed by atoms with Crippen LogP contribution in [0.3, 0.4) is 0 Å². The molecule has 0 aliphatic heterocycles.